The summed E-state index contributed by atoms with van der Waals surface area (Å²) in [5, 5.41) is 11.1. The highest BCUT2D eigenvalue weighted by molar-refractivity contribution is 6.40. The van der Waals surface area contributed by atoms with E-state index in [0.717, 1.165) is 6.42 Å². The summed E-state index contributed by atoms with van der Waals surface area (Å²) in [5.41, 5.74) is -2.36. The van der Waals surface area contributed by atoms with E-state index in [2.05, 4.69) is 6.92 Å². The van der Waals surface area contributed by atoms with Crippen molar-refractivity contribution in [1.82, 2.24) is 0 Å². The molecule has 0 saturated heterocycles. The van der Waals surface area contributed by atoms with E-state index in [-0.39, 0.29) is 46.8 Å². The van der Waals surface area contributed by atoms with Crippen LogP contribution in [-0.2, 0) is 19.2 Å². The smallest absolute Gasteiger partial charge is 0.202 e. The number of carbonyl (C=O) groups is 4. The third-order valence-corrected chi connectivity index (χ3v) is 8.88. The lowest BCUT2D eigenvalue weighted by molar-refractivity contribution is -0.178. The van der Waals surface area contributed by atoms with Crippen LogP contribution in [0.1, 0.15) is 65.7 Å². The Balaban J connectivity index is 1.77. The van der Waals surface area contributed by atoms with E-state index < -0.39 is 22.9 Å². The molecule has 0 amide bonds. The van der Waals surface area contributed by atoms with Crippen LogP contribution in [0.5, 0.6) is 0 Å². The van der Waals surface area contributed by atoms with Crippen molar-refractivity contribution in [1.29, 1.82) is 0 Å². The van der Waals surface area contributed by atoms with Crippen LogP contribution in [-0.4, -0.2) is 33.8 Å². The van der Waals surface area contributed by atoms with Gasteiger partial charge in [-0.05, 0) is 56.3 Å². The molecule has 1 N–H and O–H groups in total. The number of hydrogen-bond donors (Lipinski definition) is 1. The van der Waals surface area contributed by atoms with Gasteiger partial charge in [0.2, 0.25) is 11.6 Å². The number of fused-ring (bicyclic) bond motifs is 5. The van der Waals surface area contributed by atoms with E-state index in [4.69, 9.17) is 0 Å². The van der Waals surface area contributed by atoms with Crippen LogP contribution in [0, 0.1) is 34.5 Å². The zero-order valence-corrected chi connectivity index (χ0v) is 15.8. The fraction of sp³-hybridized carbons (Fsp3) is 0.810. The molecule has 0 aromatic carbocycles. The van der Waals surface area contributed by atoms with Crippen molar-refractivity contribution in [3.05, 3.63) is 0 Å². The second-order valence-corrected chi connectivity index (χ2v) is 9.68. The van der Waals surface area contributed by atoms with E-state index in [1.54, 1.807) is 0 Å². The van der Waals surface area contributed by atoms with E-state index in [1.807, 2.05) is 6.92 Å². The highest BCUT2D eigenvalue weighted by Gasteiger charge is 2.69. The van der Waals surface area contributed by atoms with Crippen LogP contribution >= 0.6 is 0 Å². The van der Waals surface area contributed by atoms with Crippen LogP contribution in [0.4, 0.5) is 0 Å². The molecule has 4 rings (SSSR count). The van der Waals surface area contributed by atoms with E-state index in [0.29, 0.717) is 32.1 Å². The molecular formula is C21H28O5. The summed E-state index contributed by atoms with van der Waals surface area (Å²) in [6.07, 6.45) is 3.73. The summed E-state index contributed by atoms with van der Waals surface area (Å²) < 4.78 is 0. The Kier molecular flexibility index (Phi) is 3.70. The van der Waals surface area contributed by atoms with Gasteiger partial charge >= 0.3 is 0 Å². The summed E-state index contributed by atoms with van der Waals surface area (Å²) in [6, 6.07) is 0. The number of carbonyl (C=O) groups excluding carboxylic acids is 4. The standard InChI is InChI=1S/C21H28O5/c1-11(22)21(26)9-6-14-16-13(5-8-20(14,21)3)19(2)7-4-12(23)10-15(19)17(24)18(16)25/h13-16,26H,4-10H2,1-3H3/t13-,14-,15+,16+,19+,20-,21-/m0/s1. The molecule has 0 aromatic heterocycles. The third-order valence-electron chi connectivity index (χ3n) is 8.88. The number of ketones is 4. The minimum absolute atomic E-state index is 0.0678. The number of Topliss-reactive ketones (excluding diaryl/α,β-unsaturated/α-hetero) is 4. The van der Waals surface area contributed by atoms with Gasteiger partial charge in [-0.25, -0.2) is 0 Å². The summed E-state index contributed by atoms with van der Waals surface area (Å²) in [4.78, 5) is 50.2. The molecule has 4 fully saturated rings. The zero-order chi connectivity index (χ0) is 19.1. The van der Waals surface area contributed by atoms with Crippen molar-refractivity contribution in [2.75, 3.05) is 0 Å². The quantitative estimate of drug-likeness (QED) is 0.725. The summed E-state index contributed by atoms with van der Waals surface area (Å²) in [7, 11) is 0. The summed E-state index contributed by atoms with van der Waals surface area (Å²) in [5.74, 6) is -1.85. The van der Waals surface area contributed by atoms with Crippen molar-refractivity contribution in [2.24, 2.45) is 34.5 Å². The number of rotatable bonds is 1. The van der Waals surface area contributed by atoms with Crippen molar-refractivity contribution in [2.45, 2.75) is 71.3 Å². The van der Waals surface area contributed by atoms with Gasteiger partial charge in [0.25, 0.3) is 0 Å². The predicted molar refractivity (Wildman–Crippen MR) is 93.1 cm³/mol. The maximum atomic E-state index is 13.1. The molecule has 0 heterocycles. The molecule has 0 spiro atoms. The fourth-order valence-electron chi connectivity index (χ4n) is 7.16. The number of hydrogen-bond acceptors (Lipinski definition) is 5. The first kappa shape index (κ1) is 18.0. The molecule has 26 heavy (non-hydrogen) atoms. The molecule has 142 valence electrons. The van der Waals surface area contributed by atoms with E-state index >= 15 is 0 Å². The minimum Gasteiger partial charge on any atom is -0.382 e. The molecule has 0 bridgehead atoms. The SMILES string of the molecule is CC(=O)[C@@]1(O)CC[C@H]2[C@@H]3C(=O)C(=O)[C@H]4CC(=O)CC[C@]4(C)[C@H]3CC[C@@]21C. The molecule has 5 nitrogen and oxygen atoms in total. The molecule has 0 radical (unpaired) electrons. The Labute approximate surface area is 153 Å². The molecule has 0 unspecified atom stereocenters. The first-order chi connectivity index (χ1) is 12.1. The highest BCUT2D eigenvalue weighted by atomic mass is 16.3. The van der Waals surface area contributed by atoms with Crippen LogP contribution in [0.15, 0.2) is 0 Å². The molecule has 5 heteroatoms. The Morgan fingerprint density at radius 2 is 1.65 bits per heavy atom. The van der Waals surface area contributed by atoms with Crippen molar-refractivity contribution in [3.63, 3.8) is 0 Å². The van der Waals surface area contributed by atoms with Gasteiger partial charge in [-0.3, -0.25) is 19.2 Å². The van der Waals surface area contributed by atoms with Gasteiger partial charge in [0.1, 0.15) is 11.4 Å². The second-order valence-electron chi connectivity index (χ2n) is 9.68. The normalized spacial score (nSPS) is 50.8. The topological polar surface area (TPSA) is 88.5 Å². The molecule has 0 aliphatic heterocycles. The lowest BCUT2D eigenvalue weighted by atomic mass is 9.43. The van der Waals surface area contributed by atoms with E-state index in [1.165, 1.54) is 6.92 Å². The predicted octanol–water partition coefficient (Wildman–Crippen LogP) is 2.28. The second kappa shape index (κ2) is 5.34. The lowest BCUT2D eigenvalue weighted by Crippen LogP contribution is -2.63. The molecule has 4 aliphatic rings. The Morgan fingerprint density at radius 1 is 1.00 bits per heavy atom. The average molecular weight is 360 g/mol. The van der Waals surface area contributed by atoms with Crippen LogP contribution < -0.4 is 0 Å². The largest absolute Gasteiger partial charge is 0.382 e. The van der Waals surface area contributed by atoms with Gasteiger partial charge in [0.15, 0.2) is 5.78 Å². The first-order valence-electron chi connectivity index (χ1n) is 9.89. The zero-order valence-electron chi connectivity index (χ0n) is 15.8. The monoisotopic (exact) mass is 360 g/mol. The maximum absolute atomic E-state index is 13.1. The Morgan fingerprint density at radius 3 is 2.31 bits per heavy atom. The van der Waals surface area contributed by atoms with Crippen LogP contribution in [0.25, 0.3) is 0 Å². The van der Waals surface area contributed by atoms with Crippen molar-refractivity contribution < 1.29 is 24.3 Å². The van der Waals surface area contributed by atoms with Gasteiger partial charge in [-0.2, -0.15) is 0 Å². The lowest BCUT2D eigenvalue weighted by Gasteiger charge is -2.59. The first-order valence-corrected chi connectivity index (χ1v) is 9.89. The van der Waals surface area contributed by atoms with Gasteiger partial charge in [-0.15, -0.1) is 0 Å². The van der Waals surface area contributed by atoms with E-state index in [9.17, 15) is 24.3 Å². The molecular weight excluding hydrogens is 332 g/mol. The summed E-state index contributed by atoms with van der Waals surface area (Å²) >= 11 is 0. The number of aliphatic hydroxyl groups is 1. The van der Waals surface area contributed by atoms with Gasteiger partial charge in [0, 0.05) is 30.1 Å². The molecule has 4 aliphatic carbocycles. The van der Waals surface area contributed by atoms with Gasteiger partial charge < -0.3 is 5.11 Å². The van der Waals surface area contributed by atoms with Crippen LogP contribution in [0.3, 0.4) is 0 Å². The molecule has 4 saturated carbocycles. The minimum atomic E-state index is -1.40. The molecule has 7 atom stereocenters. The Bertz CT molecular complexity index is 726. The van der Waals surface area contributed by atoms with Crippen LogP contribution in [0.2, 0.25) is 0 Å². The third kappa shape index (κ3) is 1.96. The fourth-order valence-corrected chi connectivity index (χ4v) is 7.16. The summed E-state index contributed by atoms with van der Waals surface area (Å²) in [6.45, 7) is 5.44. The Hall–Kier alpha value is -1.36. The average Bonchev–Trinajstić information content (AvgIpc) is 2.87. The maximum Gasteiger partial charge on any atom is 0.202 e. The van der Waals surface area contributed by atoms with Gasteiger partial charge in [-0.1, -0.05) is 13.8 Å². The van der Waals surface area contributed by atoms with Crippen molar-refractivity contribution >= 4 is 23.1 Å². The highest BCUT2D eigenvalue weighted by Crippen LogP contribution is 2.66. The van der Waals surface area contributed by atoms with Gasteiger partial charge in [0.05, 0.1) is 0 Å². The molecule has 0 aromatic rings. The van der Waals surface area contributed by atoms with Crippen molar-refractivity contribution in [3.8, 4) is 0 Å².